The Morgan fingerprint density at radius 1 is 1.17 bits per heavy atom. The Kier molecular flexibility index (Phi) is 5.06. The van der Waals surface area contributed by atoms with E-state index in [4.69, 9.17) is 9.97 Å². The molecule has 154 valence electrons. The number of hydrogen-bond acceptors (Lipinski definition) is 8. The summed E-state index contributed by atoms with van der Waals surface area (Å²) in [6.07, 6.45) is 8.83. The first-order valence-corrected chi connectivity index (χ1v) is 10.9. The zero-order valence-corrected chi connectivity index (χ0v) is 17.4. The van der Waals surface area contributed by atoms with Gasteiger partial charge in [-0.15, -0.1) is 0 Å². The van der Waals surface area contributed by atoms with Crippen molar-refractivity contribution < 1.29 is 5.11 Å². The van der Waals surface area contributed by atoms with Crippen molar-refractivity contribution in [3.05, 3.63) is 48.5 Å². The molecule has 0 aromatic carbocycles. The predicted molar refractivity (Wildman–Crippen MR) is 119 cm³/mol. The number of aryl methyl sites for hydroxylation is 1. The monoisotopic (exact) mass is 421 g/mol. The number of rotatable bonds is 5. The fraction of sp³-hybridized carbons (Fsp3) is 0.333. The summed E-state index contributed by atoms with van der Waals surface area (Å²) in [5.74, 6) is 1.31. The highest BCUT2D eigenvalue weighted by molar-refractivity contribution is 7.10. The molecule has 0 saturated heterocycles. The molecule has 30 heavy (non-hydrogen) atoms. The molecule has 5 rings (SSSR count). The van der Waals surface area contributed by atoms with E-state index < -0.39 is 0 Å². The van der Waals surface area contributed by atoms with Gasteiger partial charge in [0.15, 0.2) is 5.82 Å². The predicted octanol–water partition coefficient (Wildman–Crippen LogP) is 4.04. The molecule has 0 atom stereocenters. The van der Waals surface area contributed by atoms with Gasteiger partial charge in [-0.1, -0.05) is 0 Å². The van der Waals surface area contributed by atoms with E-state index in [1.165, 1.54) is 11.5 Å². The summed E-state index contributed by atoms with van der Waals surface area (Å²) in [5.41, 5.74) is 3.68. The van der Waals surface area contributed by atoms with Gasteiger partial charge in [0.05, 0.1) is 29.2 Å². The van der Waals surface area contributed by atoms with E-state index in [1.54, 1.807) is 6.20 Å². The van der Waals surface area contributed by atoms with E-state index in [1.807, 2.05) is 43.6 Å². The zero-order chi connectivity index (χ0) is 20.5. The van der Waals surface area contributed by atoms with Crippen LogP contribution in [0.5, 0.6) is 0 Å². The first-order valence-electron chi connectivity index (χ1n) is 10.1. The lowest BCUT2D eigenvalue weighted by Gasteiger charge is -2.27. The first-order chi connectivity index (χ1) is 14.7. The van der Waals surface area contributed by atoms with Gasteiger partial charge in [0.2, 0.25) is 5.95 Å². The van der Waals surface area contributed by atoms with Crippen molar-refractivity contribution in [3.63, 3.8) is 0 Å². The third-order valence-electron chi connectivity index (χ3n) is 5.36. The Labute approximate surface area is 178 Å². The fourth-order valence-electron chi connectivity index (χ4n) is 3.86. The summed E-state index contributed by atoms with van der Waals surface area (Å²) in [5, 5.41) is 17.7. The molecule has 0 radical (unpaired) electrons. The second kappa shape index (κ2) is 8.00. The maximum Gasteiger partial charge on any atom is 0.230 e. The van der Waals surface area contributed by atoms with Crippen molar-refractivity contribution in [3.8, 4) is 5.69 Å². The normalized spacial score (nSPS) is 19.1. The minimum atomic E-state index is -0.195. The fourth-order valence-corrected chi connectivity index (χ4v) is 4.51. The lowest BCUT2D eigenvalue weighted by molar-refractivity contribution is 0.126. The molecule has 1 aliphatic carbocycles. The maximum absolute atomic E-state index is 9.86. The number of nitrogens with zero attached hydrogens (tertiary/aromatic N) is 5. The molecule has 0 amide bonds. The summed E-state index contributed by atoms with van der Waals surface area (Å²) < 4.78 is 6.37. The third-order valence-corrected chi connectivity index (χ3v) is 6.15. The van der Waals surface area contributed by atoms with Crippen LogP contribution in [0, 0.1) is 6.92 Å². The number of aliphatic hydroxyl groups excluding tert-OH is 1. The average Bonchev–Trinajstić information content (AvgIpc) is 3.36. The second-order valence-corrected chi connectivity index (χ2v) is 8.44. The highest BCUT2D eigenvalue weighted by Gasteiger charge is 2.22. The van der Waals surface area contributed by atoms with Crippen molar-refractivity contribution in [1.82, 2.24) is 23.9 Å². The molecular formula is C21H23N7OS. The Bertz CT molecular complexity index is 1150. The second-order valence-electron chi connectivity index (χ2n) is 7.63. The topological polar surface area (TPSA) is 101 Å². The highest BCUT2D eigenvalue weighted by Crippen LogP contribution is 2.30. The van der Waals surface area contributed by atoms with Crippen LogP contribution in [0.25, 0.3) is 16.7 Å². The molecule has 1 fully saturated rings. The number of anilines is 3. The van der Waals surface area contributed by atoms with Crippen molar-refractivity contribution in [2.24, 2.45) is 0 Å². The van der Waals surface area contributed by atoms with Gasteiger partial charge in [-0.25, -0.2) is 4.98 Å². The molecule has 4 aromatic rings. The lowest BCUT2D eigenvalue weighted by atomic mass is 9.93. The van der Waals surface area contributed by atoms with Gasteiger partial charge in [0.1, 0.15) is 10.5 Å². The van der Waals surface area contributed by atoms with Gasteiger partial charge in [0, 0.05) is 18.4 Å². The number of hydrogen-bond donors (Lipinski definition) is 3. The molecule has 0 aliphatic heterocycles. The van der Waals surface area contributed by atoms with Crippen LogP contribution >= 0.6 is 11.5 Å². The molecule has 0 unspecified atom stereocenters. The van der Waals surface area contributed by atoms with Gasteiger partial charge in [-0.2, -0.15) is 9.36 Å². The van der Waals surface area contributed by atoms with Crippen molar-refractivity contribution in [2.75, 3.05) is 10.6 Å². The number of nitrogens with one attached hydrogen (secondary N) is 2. The van der Waals surface area contributed by atoms with E-state index >= 15 is 0 Å². The molecule has 4 aromatic heterocycles. The smallest absolute Gasteiger partial charge is 0.230 e. The molecule has 1 saturated carbocycles. The first kappa shape index (κ1) is 19.0. The molecule has 0 bridgehead atoms. The number of fused-ring (bicyclic) bond motifs is 1. The molecule has 1 aliphatic rings. The molecule has 4 heterocycles. The van der Waals surface area contributed by atoms with Gasteiger partial charge in [-0.05, 0) is 68.4 Å². The minimum absolute atomic E-state index is 0.195. The van der Waals surface area contributed by atoms with E-state index in [0.717, 1.165) is 58.9 Å². The van der Waals surface area contributed by atoms with E-state index in [0.29, 0.717) is 5.95 Å². The summed E-state index contributed by atoms with van der Waals surface area (Å²) >= 11 is 1.39. The molecule has 0 spiro atoms. The largest absolute Gasteiger partial charge is 0.393 e. The number of aromatic nitrogens is 5. The van der Waals surface area contributed by atoms with Crippen molar-refractivity contribution in [1.29, 1.82) is 0 Å². The quantitative estimate of drug-likeness (QED) is 0.447. The summed E-state index contributed by atoms with van der Waals surface area (Å²) in [7, 11) is 0. The number of aliphatic hydroxyl groups is 1. The van der Waals surface area contributed by atoms with Crippen LogP contribution in [0.4, 0.5) is 16.8 Å². The molecule has 8 nitrogen and oxygen atoms in total. The standard InChI is InChI=1S/C21H23N7OS/c1-13-11-18(30-27-13)25-21-24-17-8-10-28(15-3-2-9-22-12-15)19(17)20(26-21)23-14-4-6-16(29)7-5-14/h2-3,8-12,14,16,29H,4-7H2,1H3,(H2,23,24,25,26)/t14-,16-. The Balaban J connectivity index is 1.55. The van der Waals surface area contributed by atoms with E-state index in [2.05, 4.69) is 24.6 Å². The van der Waals surface area contributed by atoms with Crippen molar-refractivity contribution in [2.45, 2.75) is 44.8 Å². The van der Waals surface area contributed by atoms with Gasteiger partial charge < -0.3 is 20.3 Å². The summed E-state index contributed by atoms with van der Waals surface area (Å²) in [4.78, 5) is 13.8. The Morgan fingerprint density at radius 3 is 2.77 bits per heavy atom. The maximum atomic E-state index is 9.86. The third kappa shape index (κ3) is 3.86. The van der Waals surface area contributed by atoms with Gasteiger partial charge >= 0.3 is 0 Å². The van der Waals surface area contributed by atoms with Crippen molar-refractivity contribution >= 4 is 39.3 Å². The van der Waals surface area contributed by atoms with Crippen LogP contribution in [0.15, 0.2) is 42.9 Å². The van der Waals surface area contributed by atoms with Gasteiger partial charge in [0.25, 0.3) is 0 Å². The van der Waals surface area contributed by atoms with Crippen LogP contribution in [-0.2, 0) is 0 Å². The van der Waals surface area contributed by atoms with Crippen LogP contribution in [0.2, 0.25) is 0 Å². The molecule has 3 N–H and O–H groups in total. The Hall–Kier alpha value is -3.04. The van der Waals surface area contributed by atoms with Crippen LogP contribution in [0.3, 0.4) is 0 Å². The molecule has 9 heteroatoms. The average molecular weight is 422 g/mol. The Morgan fingerprint density at radius 2 is 2.03 bits per heavy atom. The summed E-state index contributed by atoms with van der Waals surface area (Å²) in [6, 6.07) is 8.17. The van der Waals surface area contributed by atoms with Gasteiger partial charge in [-0.3, -0.25) is 4.98 Å². The van der Waals surface area contributed by atoms with E-state index in [-0.39, 0.29) is 12.1 Å². The molecular weight excluding hydrogens is 398 g/mol. The minimum Gasteiger partial charge on any atom is -0.393 e. The number of pyridine rings is 1. The zero-order valence-electron chi connectivity index (χ0n) is 16.6. The van der Waals surface area contributed by atoms with Crippen LogP contribution in [0.1, 0.15) is 31.4 Å². The highest BCUT2D eigenvalue weighted by atomic mass is 32.1. The van der Waals surface area contributed by atoms with Crippen LogP contribution in [-0.4, -0.2) is 41.1 Å². The lowest BCUT2D eigenvalue weighted by Crippen LogP contribution is -2.28. The SMILES string of the molecule is Cc1cc(Nc2nc(N[C@H]3CC[C@H](O)CC3)c3c(ccn3-c3cccnc3)n2)sn1. The van der Waals surface area contributed by atoms with Crippen LogP contribution < -0.4 is 10.6 Å². The summed E-state index contributed by atoms with van der Waals surface area (Å²) in [6.45, 7) is 1.96. The van der Waals surface area contributed by atoms with E-state index in [9.17, 15) is 5.11 Å².